The molecule has 2 aliphatic rings. The summed E-state index contributed by atoms with van der Waals surface area (Å²) in [5.74, 6) is 1.77. The minimum absolute atomic E-state index is 0.0940. The number of hydrogen-bond donors (Lipinski definition) is 2. The van der Waals surface area contributed by atoms with Crippen LogP contribution in [0.5, 0.6) is 11.5 Å². The van der Waals surface area contributed by atoms with Crippen molar-refractivity contribution in [2.24, 2.45) is 5.92 Å². The molecule has 1 aliphatic heterocycles. The average molecular weight is 392 g/mol. The maximum Gasteiger partial charge on any atom is 0.306 e. The molecule has 6 nitrogen and oxygen atoms in total. The molecule has 2 N–H and O–H groups in total. The fraction of sp³-hybridized carbons (Fsp3) is 0.682. The summed E-state index contributed by atoms with van der Waals surface area (Å²) in [6, 6.07) is 5.97. The monoisotopic (exact) mass is 391 g/mol. The lowest BCUT2D eigenvalue weighted by Crippen LogP contribution is -2.50. The molecule has 0 radical (unpaired) electrons. The van der Waals surface area contributed by atoms with Crippen LogP contribution in [-0.4, -0.2) is 42.0 Å². The number of esters is 1. The van der Waals surface area contributed by atoms with Crippen LogP contribution in [0.4, 0.5) is 0 Å². The lowest BCUT2D eigenvalue weighted by molar-refractivity contribution is -0.156. The van der Waals surface area contributed by atoms with E-state index in [1.54, 1.807) is 0 Å². The summed E-state index contributed by atoms with van der Waals surface area (Å²) in [4.78, 5) is 12.1. The van der Waals surface area contributed by atoms with Crippen molar-refractivity contribution in [1.29, 1.82) is 0 Å². The van der Waals surface area contributed by atoms with Crippen LogP contribution in [0, 0.1) is 5.92 Å². The van der Waals surface area contributed by atoms with E-state index in [0.29, 0.717) is 32.1 Å². The van der Waals surface area contributed by atoms with E-state index in [1.807, 2.05) is 39.0 Å². The van der Waals surface area contributed by atoms with Crippen molar-refractivity contribution in [2.45, 2.75) is 70.6 Å². The third-order valence-corrected chi connectivity index (χ3v) is 5.51. The molecule has 0 saturated heterocycles. The van der Waals surface area contributed by atoms with Gasteiger partial charge < -0.3 is 24.6 Å². The highest BCUT2D eigenvalue weighted by Crippen LogP contribution is 2.35. The molecule has 0 aromatic heterocycles. The lowest BCUT2D eigenvalue weighted by Gasteiger charge is -2.40. The first-order valence-corrected chi connectivity index (χ1v) is 10.2. The summed E-state index contributed by atoms with van der Waals surface area (Å²) >= 11 is 0. The Morgan fingerprint density at radius 2 is 1.89 bits per heavy atom. The van der Waals surface area contributed by atoms with Crippen LogP contribution in [0.1, 0.15) is 58.4 Å². The molecule has 0 spiro atoms. The summed E-state index contributed by atoms with van der Waals surface area (Å²) in [5.41, 5.74) is 0.372. The van der Waals surface area contributed by atoms with Crippen molar-refractivity contribution in [3.8, 4) is 11.5 Å². The molecule has 6 heteroatoms. The van der Waals surface area contributed by atoms with E-state index in [9.17, 15) is 9.90 Å². The van der Waals surface area contributed by atoms with Crippen LogP contribution >= 0.6 is 0 Å². The number of nitrogens with one attached hydrogen (secondary N) is 1. The zero-order chi connectivity index (χ0) is 20.2. The van der Waals surface area contributed by atoms with Gasteiger partial charge in [-0.1, -0.05) is 6.07 Å². The molecule has 1 aromatic carbocycles. The van der Waals surface area contributed by atoms with Crippen molar-refractivity contribution in [3.05, 3.63) is 23.8 Å². The van der Waals surface area contributed by atoms with Gasteiger partial charge in [0.05, 0.1) is 6.61 Å². The summed E-state index contributed by atoms with van der Waals surface area (Å²) in [6.45, 7) is 7.59. The first-order valence-electron chi connectivity index (χ1n) is 10.2. The lowest BCUT2D eigenvalue weighted by atomic mass is 9.75. The van der Waals surface area contributed by atoms with E-state index in [1.165, 1.54) is 0 Å². The summed E-state index contributed by atoms with van der Waals surface area (Å²) in [5, 5.41) is 13.6. The Bertz CT molecular complexity index is 674. The molecule has 0 bridgehead atoms. The minimum atomic E-state index is -0.439. The van der Waals surface area contributed by atoms with Gasteiger partial charge in [0.15, 0.2) is 11.5 Å². The minimum Gasteiger partial charge on any atom is -0.486 e. The Morgan fingerprint density at radius 3 is 2.54 bits per heavy atom. The van der Waals surface area contributed by atoms with Crippen LogP contribution < -0.4 is 14.8 Å². The molecule has 0 amide bonds. The van der Waals surface area contributed by atoms with E-state index >= 15 is 0 Å². The Hall–Kier alpha value is -1.79. The van der Waals surface area contributed by atoms with E-state index in [4.69, 9.17) is 14.2 Å². The highest BCUT2D eigenvalue weighted by Gasteiger charge is 2.35. The van der Waals surface area contributed by atoms with Gasteiger partial charge >= 0.3 is 5.97 Å². The Morgan fingerprint density at radius 1 is 1.21 bits per heavy atom. The van der Waals surface area contributed by atoms with Crippen LogP contribution in [0.25, 0.3) is 0 Å². The van der Waals surface area contributed by atoms with Gasteiger partial charge in [0.25, 0.3) is 0 Å². The SMILES string of the molecule is CC(C)(C)OC(=O)CC1CCC(CO)(NCc2ccc3c(c2)OCCO3)CC1. The highest BCUT2D eigenvalue weighted by molar-refractivity contribution is 5.70. The van der Waals surface area contributed by atoms with Crippen molar-refractivity contribution < 1.29 is 24.1 Å². The fourth-order valence-corrected chi connectivity index (χ4v) is 3.93. The number of carbonyl (C=O) groups excluding carboxylic acids is 1. The van der Waals surface area contributed by atoms with E-state index in [2.05, 4.69) is 5.32 Å². The molecule has 28 heavy (non-hydrogen) atoms. The third kappa shape index (κ3) is 5.61. The molecule has 1 aliphatic carbocycles. The average Bonchev–Trinajstić information content (AvgIpc) is 2.66. The van der Waals surface area contributed by atoms with Gasteiger partial charge in [-0.15, -0.1) is 0 Å². The molecule has 1 fully saturated rings. The molecule has 1 heterocycles. The standard InChI is InChI=1S/C22H33NO5/c1-21(2,3)28-20(25)13-16-6-8-22(15-24,9-7-16)23-14-17-4-5-18-19(12-17)27-11-10-26-18/h4-5,12,16,23-24H,6-11,13-15H2,1-3H3. The van der Waals surface area contributed by atoms with Gasteiger partial charge in [-0.3, -0.25) is 4.79 Å². The maximum atomic E-state index is 12.1. The second-order valence-corrected chi connectivity index (χ2v) is 9.00. The second-order valence-electron chi connectivity index (χ2n) is 9.00. The van der Waals surface area contributed by atoms with E-state index in [0.717, 1.165) is 42.7 Å². The largest absolute Gasteiger partial charge is 0.486 e. The molecule has 1 aromatic rings. The van der Waals surface area contributed by atoms with Crippen LogP contribution in [0.3, 0.4) is 0 Å². The van der Waals surface area contributed by atoms with Gasteiger partial charge in [-0.05, 0) is 70.1 Å². The first-order chi connectivity index (χ1) is 13.3. The number of rotatable bonds is 6. The Kier molecular flexibility index (Phi) is 6.50. The van der Waals surface area contributed by atoms with Crippen molar-refractivity contribution in [3.63, 3.8) is 0 Å². The van der Waals surface area contributed by atoms with Gasteiger partial charge in [-0.2, -0.15) is 0 Å². The summed E-state index contributed by atoms with van der Waals surface area (Å²) in [6.07, 6.45) is 3.98. The van der Waals surface area contributed by atoms with Crippen molar-refractivity contribution in [1.82, 2.24) is 5.32 Å². The van der Waals surface area contributed by atoms with Crippen LogP contribution in [-0.2, 0) is 16.1 Å². The van der Waals surface area contributed by atoms with Crippen LogP contribution in [0.15, 0.2) is 18.2 Å². The third-order valence-electron chi connectivity index (χ3n) is 5.51. The molecule has 156 valence electrons. The van der Waals surface area contributed by atoms with Gasteiger partial charge in [-0.25, -0.2) is 0 Å². The first kappa shape index (κ1) is 20.9. The number of fused-ring (bicyclic) bond motifs is 1. The topological polar surface area (TPSA) is 77.0 Å². The number of aliphatic hydroxyl groups excluding tert-OH is 1. The Labute approximate surface area is 167 Å². The molecule has 0 unspecified atom stereocenters. The number of ether oxygens (including phenoxy) is 3. The molecule has 0 atom stereocenters. The zero-order valence-corrected chi connectivity index (χ0v) is 17.3. The second kappa shape index (κ2) is 8.70. The number of aliphatic hydroxyl groups is 1. The smallest absolute Gasteiger partial charge is 0.306 e. The number of benzene rings is 1. The Balaban J connectivity index is 1.50. The quantitative estimate of drug-likeness (QED) is 0.725. The molecular weight excluding hydrogens is 358 g/mol. The van der Waals surface area contributed by atoms with Crippen molar-refractivity contribution in [2.75, 3.05) is 19.8 Å². The van der Waals surface area contributed by atoms with Crippen LogP contribution in [0.2, 0.25) is 0 Å². The van der Waals surface area contributed by atoms with E-state index < -0.39 is 5.60 Å². The van der Waals surface area contributed by atoms with Gasteiger partial charge in [0.2, 0.25) is 0 Å². The molecular formula is C22H33NO5. The summed E-state index contributed by atoms with van der Waals surface area (Å²) < 4.78 is 16.7. The maximum absolute atomic E-state index is 12.1. The van der Waals surface area contributed by atoms with Gasteiger partial charge in [0.1, 0.15) is 18.8 Å². The highest BCUT2D eigenvalue weighted by atomic mass is 16.6. The molecule has 1 saturated carbocycles. The molecule has 3 rings (SSSR count). The predicted octanol–water partition coefficient (Wildman–Crippen LogP) is 3.20. The summed E-state index contributed by atoms with van der Waals surface area (Å²) in [7, 11) is 0. The zero-order valence-electron chi connectivity index (χ0n) is 17.3. The normalized spacial score (nSPS) is 24.6. The van der Waals surface area contributed by atoms with E-state index in [-0.39, 0.29) is 18.1 Å². The fourth-order valence-electron chi connectivity index (χ4n) is 3.93. The van der Waals surface area contributed by atoms with Gasteiger partial charge in [0, 0.05) is 18.5 Å². The number of carbonyl (C=O) groups is 1. The predicted molar refractivity (Wildman–Crippen MR) is 107 cm³/mol. The van der Waals surface area contributed by atoms with Crippen molar-refractivity contribution >= 4 is 5.97 Å². The number of hydrogen-bond acceptors (Lipinski definition) is 6.